The summed E-state index contributed by atoms with van der Waals surface area (Å²) in [5.74, 6) is 0.535. The van der Waals surface area contributed by atoms with Gasteiger partial charge in [-0.15, -0.1) is 10.2 Å². The number of amides is 3. The molecule has 0 bridgehead atoms. The third-order valence-corrected chi connectivity index (χ3v) is 4.56. The Morgan fingerprint density at radius 1 is 1.00 bits per heavy atom. The number of anilines is 3. The van der Waals surface area contributed by atoms with Crippen LogP contribution in [0.25, 0.3) is 0 Å². The van der Waals surface area contributed by atoms with Crippen LogP contribution in [0, 0.1) is 6.92 Å². The van der Waals surface area contributed by atoms with Crippen LogP contribution >= 0.6 is 11.3 Å². The molecule has 0 aliphatic heterocycles. The first-order valence-corrected chi connectivity index (χ1v) is 9.83. The number of nitrogens with zero attached hydrogens (tertiary/aromatic N) is 2. The smallest absolute Gasteiger partial charge is 0.325 e. The van der Waals surface area contributed by atoms with Gasteiger partial charge in [-0.05, 0) is 55.8 Å². The van der Waals surface area contributed by atoms with E-state index in [1.807, 2.05) is 38.1 Å². The van der Waals surface area contributed by atoms with Gasteiger partial charge in [0.05, 0.1) is 13.0 Å². The first kappa shape index (κ1) is 20.3. The lowest BCUT2D eigenvalue weighted by Gasteiger charge is -2.07. The quantitative estimate of drug-likeness (QED) is 0.543. The molecule has 0 spiro atoms. The van der Waals surface area contributed by atoms with Crippen molar-refractivity contribution in [1.29, 1.82) is 0 Å². The molecule has 0 fully saturated rings. The zero-order chi connectivity index (χ0) is 20.6. The molecule has 3 rings (SSSR count). The molecule has 150 valence electrons. The molecule has 3 aromatic rings. The molecule has 3 amide bonds. The van der Waals surface area contributed by atoms with Gasteiger partial charge < -0.3 is 15.4 Å². The largest absolute Gasteiger partial charge is 0.494 e. The Hall–Kier alpha value is -3.46. The van der Waals surface area contributed by atoms with E-state index in [-0.39, 0.29) is 12.3 Å². The minimum atomic E-state index is -0.443. The van der Waals surface area contributed by atoms with Crippen molar-refractivity contribution in [1.82, 2.24) is 10.2 Å². The molecule has 9 heteroatoms. The van der Waals surface area contributed by atoms with Crippen LogP contribution in [0.3, 0.4) is 0 Å². The summed E-state index contributed by atoms with van der Waals surface area (Å²) in [7, 11) is 0. The van der Waals surface area contributed by atoms with Crippen molar-refractivity contribution in [2.24, 2.45) is 0 Å². The summed E-state index contributed by atoms with van der Waals surface area (Å²) < 4.78 is 5.36. The topological polar surface area (TPSA) is 105 Å². The molecule has 0 saturated carbocycles. The Bertz CT molecular complexity index is 988. The van der Waals surface area contributed by atoms with Gasteiger partial charge in [0, 0.05) is 11.4 Å². The summed E-state index contributed by atoms with van der Waals surface area (Å²) in [5.41, 5.74) is 2.41. The summed E-state index contributed by atoms with van der Waals surface area (Å²) >= 11 is 1.15. The molecule has 0 saturated heterocycles. The molecule has 0 atom stereocenters. The van der Waals surface area contributed by atoms with Gasteiger partial charge in [0.2, 0.25) is 11.0 Å². The van der Waals surface area contributed by atoms with Gasteiger partial charge in [0.1, 0.15) is 10.8 Å². The fourth-order valence-corrected chi connectivity index (χ4v) is 3.24. The van der Waals surface area contributed by atoms with E-state index in [1.54, 1.807) is 24.3 Å². The van der Waals surface area contributed by atoms with Crippen molar-refractivity contribution in [3.63, 3.8) is 0 Å². The minimum absolute atomic E-state index is 0.0772. The highest BCUT2D eigenvalue weighted by Gasteiger charge is 2.12. The summed E-state index contributed by atoms with van der Waals surface area (Å²) in [6.45, 7) is 4.44. The van der Waals surface area contributed by atoms with Gasteiger partial charge in [-0.2, -0.15) is 0 Å². The van der Waals surface area contributed by atoms with Gasteiger partial charge in [0.25, 0.3) is 0 Å². The normalized spacial score (nSPS) is 10.3. The van der Waals surface area contributed by atoms with E-state index in [9.17, 15) is 9.59 Å². The molecular weight excluding hydrogens is 390 g/mol. The number of ether oxygens (including phenoxy) is 1. The van der Waals surface area contributed by atoms with E-state index < -0.39 is 6.03 Å². The van der Waals surface area contributed by atoms with Crippen LogP contribution in [0.1, 0.15) is 17.5 Å². The summed E-state index contributed by atoms with van der Waals surface area (Å²) in [5, 5.41) is 16.8. The van der Waals surface area contributed by atoms with Crippen LogP contribution in [0.15, 0.2) is 48.5 Å². The highest BCUT2D eigenvalue weighted by atomic mass is 32.1. The highest BCUT2D eigenvalue weighted by Crippen LogP contribution is 2.19. The van der Waals surface area contributed by atoms with E-state index in [4.69, 9.17) is 4.74 Å². The highest BCUT2D eigenvalue weighted by molar-refractivity contribution is 7.15. The number of benzene rings is 2. The Morgan fingerprint density at radius 3 is 2.52 bits per heavy atom. The molecule has 1 aromatic heterocycles. The molecule has 8 nitrogen and oxygen atoms in total. The number of aryl methyl sites for hydroxylation is 1. The fraction of sp³-hybridized carbons (Fsp3) is 0.200. The van der Waals surface area contributed by atoms with Crippen molar-refractivity contribution < 1.29 is 14.3 Å². The second kappa shape index (κ2) is 9.65. The number of hydrogen-bond donors (Lipinski definition) is 3. The fourth-order valence-electron chi connectivity index (χ4n) is 2.50. The maximum Gasteiger partial charge on any atom is 0.325 e. The predicted molar refractivity (Wildman–Crippen MR) is 114 cm³/mol. The lowest BCUT2D eigenvalue weighted by atomic mass is 10.2. The van der Waals surface area contributed by atoms with Crippen LogP contribution in [0.5, 0.6) is 5.75 Å². The Labute approximate surface area is 172 Å². The predicted octanol–water partition coefficient (Wildman–Crippen LogP) is 4.07. The number of urea groups is 1. The molecule has 0 aliphatic rings. The van der Waals surface area contributed by atoms with Gasteiger partial charge in [-0.25, -0.2) is 4.79 Å². The van der Waals surface area contributed by atoms with Gasteiger partial charge in [-0.1, -0.05) is 23.5 Å². The third-order valence-electron chi connectivity index (χ3n) is 3.72. The molecule has 0 unspecified atom stereocenters. The van der Waals surface area contributed by atoms with Crippen molar-refractivity contribution >= 4 is 39.8 Å². The van der Waals surface area contributed by atoms with Gasteiger partial charge >= 0.3 is 6.03 Å². The van der Waals surface area contributed by atoms with Gasteiger partial charge in [0.15, 0.2) is 0 Å². The van der Waals surface area contributed by atoms with Crippen LogP contribution in [-0.2, 0) is 11.2 Å². The van der Waals surface area contributed by atoms with E-state index >= 15 is 0 Å². The number of aromatic nitrogens is 2. The average molecular weight is 411 g/mol. The maximum atomic E-state index is 12.2. The van der Waals surface area contributed by atoms with Crippen LogP contribution < -0.4 is 20.7 Å². The number of hydrogen-bond acceptors (Lipinski definition) is 6. The lowest BCUT2D eigenvalue weighted by Crippen LogP contribution is -2.19. The number of carbonyl (C=O) groups excluding carboxylic acids is 2. The Kier molecular flexibility index (Phi) is 6.75. The van der Waals surface area contributed by atoms with E-state index in [1.165, 1.54) is 0 Å². The molecular formula is C20H21N5O3S. The summed E-state index contributed by atoms with van der Waals surface area (Å²) in [6, 6.07) is 14.1. The van der Waals surface area contributed by atoms with E-state index in [0.29, 0.717) is 22.4 Å². The minimum Gasteiger partial charge on any atom is -0.494 e. The van der Waals surface area contributed by atoms with Crippen molar-refractivity contribution in [2.75, 3.05) is 22.6 Å². The molecule has 2 aromatic carbocycles. The monoisotopic (exact) mass is 411 g/mol. The number of carbonyl (C=O) groups is 2. The number of rotatable bonds is 7. The van der Waals surface area contributed by atoms with Crippen molar-refractivity contribution in [2.45, 2.75) is 20.3 Å². The Balaban J connectivity index is 1.50. The first-order chi connectivity index (χ1) is 14.0. The van der Waals surface area contributed by atoms with Crippen molar-refractivity contribution in [3.8, 4) is 5.75 Å². The lowest BCUT2D eigenvalue weighted by molar-refractivity contribution is -0.115. The second-order valence-electron chi connectivity index (χ2n) is 6.13. The van der Waals surface area contributed by atoms with Gasteiger partial charge in [-0.3, -0.25) is 10.1 Å². The summed E-state index contributed by atoms with van der Waals surface area (Å²) in [6.07, 6.45) is 0.0772. The van der Waals surface area contributed by atoms with Crippen LogP contribution in [0.2, 0.25) is 0 Å². The van der Waals surface area contributed by atoms with E-state index in [2.05, 4.69) is 26.1 Å². The van der Waals surface area contributed by atoms with Crippen molar-refractivity contribution in [3.05, 3.63) is 59.1 Å². The SMILES string of the molecule is CCOc1ccc(NC(=O)Nc2nnc(CC(=O)Nc3cccc(C)c3)s2)cc1. The van der Waals surface area contributed by atoms with Crippen LogP contribution in [-0.4, -0.2) is 28.7 Å². The third kappa shape index (κ3) is 6.28. The standard InChI is InChI=1S/C20H21N5O3S/c1-3-28-16-9-7-14(8-10-16)22-19(27)23-20-25-24-18(29-20)12-17(26)21-15-6-4-5-13(2)11-15/h4-11H,3,12H2,1-2H3,(H,21,26)(H2,22,23,25,27). The molecule has 29 heavy (non-hydrogen) atoms. The summed E-state index contributed by atoms with van der Waals surface area (Å²) in [4.78, 5) is 24.3. The molecule has 1 heterocycles. The molecule has 3 N–H and O–H groups in total. The van der Waals surface area contributed by atoms with Crippen LogP contribution in [0.4, 0.5) is 21.3 Å². The average Bonchev–Trinajstić information content (AvgIpc) is 3.10. The zero-order valence-electron chi connectivity index (χ0n) is 16.1. The zero-order valence-corrected chi connectivity index (χ0v) is 16.9. The second-order valence-corrected chi connectivity index (χ2v) is 7.19. The molecule has 0 radical (unpaired) electrons. The Morgan fingerprint density at radius 2 is 1.79 bits per heavy atom. The van der Waals surface area contributed by atoms with E-state index in [0.717, 1.165) is 28.3 Å². The maximum absolute atomic E-state index is 12.2. The molecule has 0 aliphatic carbocycles. The number of nitrogens with one attached hydrogen (secondary N) is 3. The first-order valence-electron chi connectivity index (χ1n) is 9.01.